The number of hydrogen-bond donors (Lipinski definition) is 1. The van der Waals surface area contributed by atoms with Crippen LogP contribution in [-0.4, -0.2) is 7.05 Å². The Balaban J connectivity index is 2.29. The first-order chi connectivity index (χ1) is 8.69. The maximum Gasteiger partial charge on any atom is 0.133 e. The highest BCUT2D eigenvalue weighted by molar-refractivity contribution is 14.1. The zero-order valence-electron chi connectivity index (χ0n) is 9.91. The van der Waals surface area contributed by atoms with Crippen LogP contribution in [0.25, 0.3) is 0 Å². The van der Waals surface area contributed by atoms with Crippen LogP contribution in [-0.2, 0) is 6.54 Å². The van der Waals surface area contributed by atoms with Gasteiger partial charge in [0.05, 0.1) is 0 Å². The number of rotatable bonds is 4. The van der Waals surface area contributed by atoms with E-state index in [0.717, 1.165) is 27.2 Å². The third-order valence-electron chi connectivity index (χ3n) is 2.42. The molecule has 0 amide bonds. The monoisotopic (exact) mass is 373 g/mol. The quantitative estimate of drug-likeness (QED) is 0.799. The van der Waals surface area contributed by atoms with Crippen molar-refractivity contribution in [2.75, 3.05) is 7.05 Å². The SMILES string of the molecule is CNCc1ccc(Cl)cc1Oc1cccc(I)c1. The van der Waals surface area contributed by atoms with Crippen LogP contribution in [0.15, 0.2) is 42.5 Å². The zero-order chi connectivity index (χ0) is 13.0. The largest absolute Gasteiger partial charge is 0.457 e. The Labute approximate surface area is 125 Å². The molecule has 2 nitrogen and oxygen atoms in total. The van der Waals surface area contributed by atoms with Crippen LogP contribution in [0.3, 0.4) is 0 Å². The van der Waals surface area contributed by atoms with Gasteiger partial charge in [-0.15, -0.1) is 0 Å². The maximum absolute atomic E-state index is 6.01. The molecule has 0 saturated heterocycles. The summed E-state index contributed by atoms with van der Waals surface area (Å²) in [5.74, 6) is 1.61. The van der Waals surface area contributed by atoms with Crippen LogP contribution in [0.5, 0.6) is 11.5 Å². The molecule has 94 valence electrons. The molecule has 2 aromatic carbocycles. The molecule has 4 heteroatoms. The minimum Gasteiger partial charge on any atom is -0.457 e. The fourth-order valence-electron chi connectivity index (χ4n) is 1.62. The Bertz CT molecular complexity index is 545. The lowest BCUT2D eigenvalue weighted by Gasteiger charge is -2.11. The average Bonchev–Trinajstić information content (AvgIpc) is 2.33. The van der Waals surface area contributed by atoms with Crippen molar-refractivity contribution < 1.29 is 4.74 Å². The first kappa shape index (κ1) is 13.6. The van der Waals surface area contributed by atoms with Crippen molar-refractivity contribution in [2.24, 2.45) is 0 Å². The van der Waals surface area contributed by atoms with E-state index in [0.29, 0.717) is 5.02 Å². The zero-order valence-corrected chi connectivity index (χ0v) is 12.8. The first-order valence-corrected chi connectivity index (χ1v) is 7.01. The molecule has 0 atom stereocenters. The van der Waals surface area contributed by atoms with E-state index in [9.17, 15) is 0 Å². The van der Waals surface area contributed by atoms with Gasteiger partial charge in [0.25, 0.3) is 0 Å². The van der Waals surface area contributed by atoms with Crippen molar-refractivity contribution in [3.63, 3.8) is 0 Å². The summed E-state index contributed by atoms with van der Waals surface area (Å²) in [6, 6.07) is 13.6. The van der Waals surface area contributed by atoms with E-state index in [1.165, 1.54) is 0 Å². The second-order valence-corrected chi connectivity index (χ2v) is 5.52. The molecule has 0 aliphatic heterocycles. The average molecular weight is 374 g/mol. The second-order valence-electron chi connectivity index (χ2n) is 3.84. The summed E-state index contributed by atoms with van der Waals surface area (Å²) in [6.07, 6.45) is 0. The van der Waals surface area contributed by atoms with Gasteiger partial charge in [0.2, 0.25) is 0 Å². The molecule has 0 fully saturated rings. The fraction of sp³-hybridized carbons (Fsp3) is 0.143. The van der Waals surface area contributed by atoms with Crippen molar-refractivity contribution >= 4 is 34.2 Å². The molecule has 18 heavy (non-hydrogen) atoms. The van der Waals surface area contributed by atoms with E-state index in [-0.39, 0.29) is 0 Å². The molecule has 0 spiro atoms. The van der Waals surface area contributed by atoms with Crippen molar-refractivity contribution in [1.82, 2.24) is 5.32 Å². The van der Waals surface area contributed by atoms with Crippen LogP contribution >= 0.6 is 34.2 Å². The smallest absolute Gasteiger partial charge is 0.133 e. The third kappa shape index (κ3) is 3.60. The maximum atomic E-state index is 6.01. The summed E-state index contributed by atoms with van der Waals surface area (Å²) in [5, 5.41) is 3.79. The van der Waals surface area contributed by atoms with Gasteiger partial charge in [0.1, 0.15) is 11.5 Å². The first-order valence-electron chi connectivity index (χ1n) is 5.55. The molecule has 1 N–H and O–H groups in total. The van der Waals surface area contributed by atoms with E-state index in [1.807, 2.05) is 49.5 Å². The van der Waals surface area contributed by atoms with E-state index >= 15 is 0 Å². The molecule has 0 unspecified atom stereocenters. The molecule has 0 aliphatic carbocycles. The van der Waals surface area contributed by atoms with Crippen LogP contribution < -0.4 is 10.1 Å². The molecule has 2 aromatic rings. The van der Waals surface area contributed by atoms with E-state index < -0.39 is 0 Å². The minimum absolute atomic E-state index is 0.676. The number of nitrogens with one attached hydrogen (secondary N) is 1. The fourth-order valence-corrected chi connectivity index (χ4v) is 2.29. The number of ether oxygens (including phenoxy) is 1. The Morgan fingerprint density at radius 1 is 1.22 bits per heavy atom. The van der Waals surface area contributed by atoms with E-state index in [2.05, 4.69) is 27.9 Å². The molecular weight excluding hydrogens is 361 g/mol. The normalized spacial score (nSPS) is 10.4. The number of benzene rings is 2. The van der Waals surface area contributed by atoms with Gasteiger partial charge in [-0.2, -0.15) is 0 Å². The van der Waals surface area contributed by atoms with E-state index in [4.69, 9.17) is 16.3 Å². The highest BCUT2D eigenvalue weighted by Crippen LogP contribution is 2.29. The highest BCUT2D eigenvalue weighted by atomic mass is 127. The van der Waals surface area contributed by atoms with Crippen molar-refractivity contribution in [3.05, 3.63) is 56.6 Å². The van der Waals surface area contributed by atoms with Gasteiger partial charge < -0.3 is 10.1 Å². The van der Waals surface area contributed by atoms with E-state index in [1.54, 1.807) is 0 Å². The molecule has 2 rings (SSSR count). The molecule has 0 aromatic heterocycles. The molecular formula is C14H13ClINO. The summed E-state index contributed by atoms with van der Waals surface area (Å²) in [4.78, 5) is 0. The third-order valence-corrected chi connectivity index (χ3v) is 3.33. The Morgan fingerprint density at radius 3 is 2.78 bits per heavy atom. The van der Waals surface area contributed by atoms with Crippen LogP contribution in [0.4, 0.5) is 0 Å². The van der Waals surface area contributed by atoms with Gasteiger partial charge in [0, 0.05) is 20.7 Å². The second kappa shape index (κ2) is 6.41. The van der Waals surface area contributed by atoms with Crippen LogP contribution in [0.1, 0.15) is 5.56 Å². The Hall–Kier alpha value is -0.780. The lowest BCUT2D eigenvalue weighted by atomic mass is 10.2. The summed E-state index contributed by atoms with van der Waals surface area (Å²) in [7, 11) is 1.91. The predicted octanol–water partition coefficient (Wildman–Crippen LogP) is 4.46. The summed E-state index contributed by atoms with van der Waals surface area (Å²) >= 11 is 8.27. The summed E-state index contributed by atoms with van der Waals surface area (Å²) < 4.78 is 7.04. The standard InChI is InChI=1S/C14H13ClINO/c1-17-9-10-5-6-11(15)7-14(10)18-13-4-2-3-12(16)8-13/h2-8,17H,9H2,1H3. The highest BCUT2D eigenvalue weighted by Gasteiger charge is 2.06. The van der Waals surface area contributed by atoms with Gasteiger partial charge in [0.15, 0.2) is 0 Å². The number of hydrogen-bond acceptors (Lipinski definition) is 2. The van der Waals surface area contributed by atoms with Crippen LogP contribution in [0, 0.1) is 3.57 Å². The van der Waals surface area contributed by atoms with Crippen molar-refractivity contribution in [2.45, 2.75) is 6.54 Å². The lowest BCUT2D eigenvalue weighted by molar-refractivity contribution is 0.474. The topological polar surface area (TPSA) is 21.3 Å². The minimum atomic E-state index is 0.676. The van der Waals surface area contributed by atoms with Gasteiger partial charge in [-0.1, -0.05) is 23.7 Å². The number of halogens is 2. The molecule has 0 heterocycles. The molecule has 0 bridgehead atoms. The summed E-state index contributed by atoms with van der Waals surface area (Å²) in [6.45, 7) is 0.746. The molecule has 0 saturated carbocycles. The van der Waals surface area contributed by atoms with Gasteiger partial charge >= 0.3 is 0 Å². The lowest BCUT2D eigenvalue weighted by Crippen LogP contribution is -2.06. The van der Waals surface area contributed by atoms with Crippen molar-refractivity contribution in [1.29, 1.82) is 0 Å². The van der Waals surface area contributed by atoms with Crippen molar-refractivity contribution in [3.8, 4) is 11.5 Å². The summed E-state index contributed by atoms with van der Waals surface area (Å²) in [5.41, 5.74) is 1.08. The predicted molar refractivity (Wildman–Crippen MR) is 83.4 cm³/mol. The molecule has 0 radical (unpaired) electrons. The van der Waals surface area contributed by atoms with Gasteiger partial charge in [-0.3, -0.25) is 0 Å². The Morgan fingerprint density at radius 2 is 2.06 bits per heavy atom. The Kier molecular flexibility index (Phi) is 4.86. The van der Waals surface area contributed by atoms with Gasteiger partial charge in [-0.05, 0) is 60.0 Å². The molecule has 0 aliphatic rings. The van der Waals surface area contributed by atoms with Gasteiger partial charge in [-0.25, -0.2) is 0 Å². The van der Waals surface area contributed by atoms with Crippen LogP contribution in [0.2, 0.25) is 5.02 Å².